The maximum atomic E-state index is 13.0. The summed E-state index contributed by atoms with van der Waals surface area (Å²) in [6, 6.07) is 10.6. The van der Waals surface area contributed by atoms with Gasteiger partial charge in [-0.15, -0.1) is 0 Å². The fourth-order valence-electron chi connectivity index (χ4n) is 4.20. The first kappa shape index (κ1) is 20.3. The first-order valence-electron chi connectivity index (χ1n) is 10.4. The van der Waals surface area contributed by atoms with Crippen LogP contribution >= 0.6 is 0 Å². The van der Waals surface area contributed by atoms with Gasteiger partial charge in [-0.2, -0.15) is 13.2 Å². The van der Waals surface area contributed by atoms with Gasteiger partial charge in [-0.1, -0.05) is 6.07 Å². The topological polar surface area (TPSA) is 87.1 Å². The number of aromatic nitrogens is 4. The third-order valence-electron chi connectivity index (χ3n) is 5.83. The molecule has 1 amide bonds. The van der Waals surface area contributed by atoms with Gasteiger partial charge < -0.3 is 15.6 Å². The number of imidazole rings is 1. The lowest BCUT2D eigenvalue weighted by Gasteiger charge is -2.30. The van der Waals surface area contributed by atoms with Crippen molar-refractivity contribution in [1.29, 1.82) is 0 Å². The lowest BCUT2D eigenvalue weighted by Crippen LogP contribution is -2.40. The van der Waals surface area contributed by atoms with Crippen molar-refractivity contribution in [1.82, 2.24) is 24.7 Å². The number of alkyl halides is 3. The van der Waals surface area contributed by atoms with Crippen molar-refractivity contribution in [2.45, 2.75) is 43.9 Å². The number of aromatic amines is 1. The number of H-pyrrole nitrogens is 1. The summed E-state index contributed by atoms with van der Waals surface area (Å²) in [7, 11) is 0. The van der Waals surface area contributed by atoms with Crippen LogP contribution in [-0.4, -0.2) is 37.3 Å². The number of carbonyl (C=O) groups excluding carboxylic acids is 1. The van der Waals surface area contributed by atoms with Gasteiger partial charge in [0.05, 0.1) is 0 Å². The molecule has 3 N–H and O–H groups in total. The molecule has 1 aliphatic rings. The molecule has 1 saturated carbocycles. The van der Waals surface area contributed by atoms with E-state index < -0.39 is 11.9 Å². The Morgan fingerprint density at radius 2 is 1.88 bits per heavy atom. The van der Waals surface area contributed by atoms with Gasteiger partial charge in [0.15, 0.2) is 5.69 Å². The zero-order valence-electron chi connectivity index (χ0n) is 17.0. The number of rotatable bonds is 4. The van der Waals surface area contributed by atoms with Crippen molar-refractivity contribution < 1.29 is 18.0 Å². The van der Waals surface area contributed by atoms with Crippen LogP contribution in [0.5, 0.6) is 0 Å². The van der Waals surface area contributed by atoms with E-state index in [0.717, 1.165) is 37.3 Å². The Labute approximate surface area is 181 Å². The van der Waals surface area contributed by atoms with E-state index in [0.29, 0.717) is 17.2 Å². The summed E-state index contributed by atoms with van der Waals surface area (Å²) in [5, 5.41) is 7.29. The molecule has 4 aromatic rings. The van der Waals surface area contributed by atoms with Crippen LogP contribution in [0.2, 0.25) is 0 Å². The van der Waals surface area contributed by atoms with E-state index in [2.05, 4.69) is 25.6 Å². The van der Waals surface area contributed by atoms with Gasteiger partial charge in [0.2, 0.25) is 0 Å². The summed E-state index contributed by atoms with van der Waals surface area (Å²) in [6.45, 7) is 0. The molecule has 32 heavy (non-hydrogen) atoms. The minimum absolute atomic E-state index is 0.0424. The van der Waals surface area contributed by atoms with E-state index in [4.69, 9.17) is 0 Å². The van der Waals surface area contributed by atoms with E-state index in [1.165, 1.54) is 4.40 Å². The number of nitrogens with zero attached hydrogens (tertiary/aromatic N) is 3. The smallest absolute Gasteiger partial charge is 0.368 e. The van der Waals surface area contributed by atoms with Gasteiger partial charge in [-0.05, 0) is 56.0 Å². The van der Waals surface area contributed by atoms with Gasteiger partial charge in [-0.3, -0.25) is 9.20 Å². The number of hydrogen-bond acceptors (Lipinski definition) is 4. The molecule has 0 saturated heterocycles. The van der Waals surface area contributed by atoms with Crippen LogP contribution in [0.1, 0.15) is 41.9 Å². The largest absolute Gasteiger partial charge is 0.434 e. The molecule has 0 radical (unpaired) electrons. The number of halogens is 3. The van der Waals surface area contributed by atoms with Gasteiger partial charge in [0.1, 0.15) is 22.8 Å². The van der Waals surface area contributed by atoms with Gasteiger partial charge >= 0.3 is 6.18 Å². The van der Waals surface area contributed by atoms with Crippen molar-refractivity contribution in [3.8, 4) is 0 Å². The average Bonchev–Trinajstić information content (AvgIpc) is 3.40. The van der Waals surface area contributed by atoms with Crippen LogP contribution in [0.25, 0.3) is 16.7 Å². The average molecular weight is 442 g/mol. The highest BCUT2D eigenvalue weighted by Gasteiger charge is 2.34. The van der Waals surface area contributed by atoms with Gasteiger partial charge in [0.25, 0.3) is 5.91 Å². The highest BCUT2D eigenvalue weighted by Crippen LogP contribution is 2.30. The molecule has 10 heteroatoms. The number of carbonyl (C=O) groups is 1. The fraction of sp³-hybridized carbons (Fsp3) is 0.318. The zero-order chi connectivity index (χ0) is 22.3. The highest BCUT2D eigenvalue weighted by atomic mass is 19.4. The van der Waals surface area contributed by atoms with Gasteiger partial charge in [0, 0.05) is 29.9 Å². The molecule has 0 atom stereocenters. The summed E-state index contributed by atoms with van der Waals surface area (Å²) in [5.74, 6) is 0.408. The van der Waals surface area contributed by atoms with Crippen LogP contribution in [0.15, 0.2) is 48.8 Å². The molecule has 4 aromatic heterocycles. The van der Waals surface area contributed by atoms with E-state index in [1.54, 1.807) is 30.5 Å². The van der Waals surface area contributed by atoms with Crippen LogP contribution in [0.3, 0.4) is 0 Å². The molecule has 1 aliphatic carbocycles. The Morgan fingerprint density at radius 1 is 1.09 bits per heavy atom. The molecule has 4 heterocycles. The molecule has 7 nitrogen and oxygen atoms in total. The molecule has 1 fully saturated rings. The lowest BCUT2D eigenvalue weighted by molar-refractivity contribution is -0.140. The molecule has 166 valence electrons. The van der Waals surface area contributed by atoms with Crippen molar-refractivity contribution in [3.63, 3.8) is 0 Å². The summed E-state index contributed by atoms with van der Waals surface area (Å²) in [6.07, 6.45) is 1.32. The van der Waals surface area contributed by atoms with E-state index in [-0.39, 0.29) is 23.6 Å². The minimum Gasteiger partial charge on any atom is -0.368 e. The normalized spacial score (nSPS) is 19.3. The van der Waals surface area contributed by atoms with Gasteiger partial charge in [-0.25, -0.2) is 9.97 Å². The lowest BCUT2D eigenvalue weighted by atomic mass is 9.91. The van der Waals surface area contributed by atoms with Crippen molar-refractivity contribution in [3.05, 3.63) is 60.2 Å². The molecular formula is C22H21F3N6O. The second kappa shape index (κ2) is 7.85. The van der Waals surface area contributed by atoms with Crippen LogP contribution in [0.4, 0.5) is 19.0 Å². The predicted molar refractivity (Wildman–Crippen MR) is 113 cm³/mol. The Balaban J connectivity index is 1.21. The molecule has 5 rings (SSSR count). The standard InChI is InChI=1S/C22H21F3N6O/c23-22(24,25)17-12-31-18(4-1-5-19(31)30-17)27-14-6-8-15(9-7-14)28-21(32)16-11-13-3-2-10-26-20(13)29-16/h1-5,10-12,14-15,27H,6-9H2,(H,26,29)(H,28,32)/t14-,15+. The monoisotopic (exact) mass is 442 g/mol. The van der Waals surface area contributed by atoms with E-state index in [1.807, 2.05) is 12.1 Å². The maximum absolute atomic E-state index is 13.0. The first-order chi connectivity index (χ1) is 15.4. The molecule has 0 spiro atoms. The summed E-state index contributed by atoms with van der Waals surface area (Å²) < 4.78 is 40.5. The number of amides is 1. The number of pyridine rings is 2. The third-order valence-corrected chi connectivity index (χ3v) is 5.83. The molecule has 0 aliphatic heterocycles. The Bertz CT molecular complexity index is 1240. The van der Waals surface area contributed by atoms with Crippen LogP contribution < -0.4 is 10.6 Å². The summed E-state index contributed by atoms with van der Waals surface area (Å²) in [4.78, 5) is 23.5. The third kappa shape index (κ3) is 4.00. The predicted octanol–water partition coefficient (Wildman–Crippen LogP) is 4.38. The Morgan fingerprint density at radius 3 is 2.62 bits per heavy atom. The number of nitrogens with one attached hydrogen (secondary N) is 3. The Kier molecular flexibility index (Phi) is 4.99. The van der Waals surface area contributed by atoms with E-state index >= 15 is 0 Å². The number of anilines is 1. The van der Waals surface area contributed by atoms with Crippen molar-refractivity contribution >= 4 is 28.4 Å². The second-order valence-corrected chi connectivity index (χ2v) is 8.05. The fourth-order valence-corrected chi connectivity index (χ4v) is 4.20. The highest BCUT2D eigenvalue weighted by molar-refractivity contribution is 5.97. The zero-order valence-corrected chi connectivity index (χ0v) is 17.0. The Hall–Kier alpha value is -3.56. The molecule has 0 aromatic carbocycles. The van der Waals surface area contributed by atoms with Crippen LogP contribution in [0, 0.1) is 0 Å². The minimum atomic E-state index is -4.49. The SMILES string of the molecule is O=C(N[C@H]1CC[C@@H](Nc2cccc3nc(C(F)(F)F)cn23)CC1)c1cc2cccnc2[nH]1. The van der Waals surface area contributed by atoms with Crippen LogP contribution in [-0.2, 0) is 6.18 Å². The number of fused-ring (bicyclic) bond motifs is 2. The van der Waals surface area contributed by atoms with Crippen molar-refractivity contribution in [2.75, 3.05) is 5.32 Å². The quantitative estimate of drug-likeness (QED) is 0.438. The summed E-state index contributed by atoms with van der Waals surface area (Å²) >= 11 is 0. The summed E-state index contributed by atoms with van der Waals surface area (Å²) in [5.41, 5.74) is 0.487. The molecule has 0 unspecified atom stereocenters. The first-order valence-corrected chi connectivity index (χ1v) is 10.4. The number of hydrogen-bond donors (Lipinski definition) is 3. The van der Waals surface area contributed by atoms with E-state index in [9.17, 15) is 18.0 Å². The second-order valence-electron chi connectivity index (χ2n) is 8.05. The molecular weight excluding hydrogens is 421 g/mol. The maximum Gasteiger partial charge on any atom is 0.434 e. The van der Waals surface area contributed by atoms with Crippen molar-refractivity contribution in [2.24, 2.45) is 0 Å². The molecule has 0 bridgehead atoms.